The van der Waals surface area contributed by atoms with Crippen molar-refractivity contribution in [2.24, 2.45) is 4.99 Å². The summed E-state index contributed by atoms with van der Waals surface area (Å²) in [6.07, 6.45) is 1.53. The second kappa shape index (κ2) is 9.46. The topological polar surface area (TPSA) is 95.7 Å². The number of hydrogen-bond donors (Lipinski definition) is 1. The molecule has 2 aromatic carbocycles. The lowest BCUT2D eigenvalue weighted by atomic mass is 9.86. The highest BCUT2D eigenvalue weighted by atomic mass is 32.1. The van der Waals surface area contributed by atoms with E-state index in [2.05, 4.69) is 77.4 Å². The number of hydrogen-bond acceptors (Lipinski definition) is 7. The van der Waals surface area contributed by atoms with E-state index in [4.69, 9.17) is 0 Å². The van der Waals surface area contributed by atoms with E-state index >= 15 is 0 Å². The van der Waals surface area contributed by atoms with Crippen LogP contribution in [0.5, 0.6) is 0 Å². The Balaban J connectivity index is 1.13. The summed E-state index contributed by atoms with van der Waals surface area (Å²) in [5, 5.41) is 5.29. The quantitative estimate of drug-likeness (QED) is 0.390. The summed E-state index contributed by atoms with van der Waals surface area (Å²) in [4.78, 5) is 42.6. The Morgan fingerprint density at radius 1 is 1.03 bits per heavy atom. The van der Waals surface area contributed by atoms with Crippen LogP contribution >= 0.6 is 11.3 Å². The molecule has 0 fully saturated rings. The van der Waals surface area contributed by atoms with Crippen molar-refractivity contribution in [3.05, 3.63) is 71.5 Å². The first-order valence-corrected chi connectivity index (χ1v) is 13.7. The van der Waals surface area contributed by atoms with Gasteiger partial charge in [-0.2, -0.15) is 0 Å². The van der Waals surface area contributed by atoms with E-state index in [1.165, 1.54) is 33.7 Å². The van der Waals surface area contributed by atoms with Crippen molar-refractivity contribution >= 4 is 40.1 Å². The van der Waals surface area contributed by atoms with Crippen LogP contribution in [0.3, 0.4) is 0 Å². The van der Waals surface area contributed by atoms with Gasteiger partial charge in [-0.15, -0.1) is 11.3 Å². The monoisotopic (exact) mass is 539 g/mol. The average Bonchev–Trinajstić information content (AvgIpc) is 3.67. The number of imidazole rings is 1. The van der Waals surface area contributed by atoms with Gasteiger partial charge in [-0.3, -0.25) is 24.4 Å². The maximum Gasteiger partial charge on any atom is 0.280 e. The number of guanidine groups is 1. The highest BCUT2D eigenvalue weighted by molar-refractivity contribution is 7.14. The predicted octanol–water partition coefficient (Wildman–Crippen LogP) is 4.87. The fourth-order valence-corrected chi connectivity index (χ4v) is 5.59. The van der Waals surface area contributed by atoms with Gasteiger partial charge in [-0.25, -0.2) is 9.97 Å². The number of aromatic nitrogens is 3. The Morgan fingerprint density at radius 3 is 2.38 bits per heavy atom. The molecule has 0 unspecified atom stereocenters. The number of nitrogens with zero attached hydrogens (tertiary/aromatic N) is 6. The molecular formula is C29H29N7O2S. The Morgan fingerprint density at radius 2 is 1.69 bits per heavy atom. The van der Waals surface area contributed by atoms with Crippen LogP contribution in [-0.2, 0) is 16.8 Å². The van der Waals surface area contributed by atoms with Crippen LogP contribution in [0.4, 0.5) is 10.9 Å². The lowest BCUT2D eigenvalue weighted by molar-refractivity contribution is -0.116. The molecule has 10 heteroatoms. The van der Waals surface area contributed by atoms with Gasteiger partial charge < -0.3 is 9.88 Å². The first-order chi connectivity index (χ1) is 18.7. The van der Waals surface area contributed by atoms with Gasteiger partial charge in [0.15, 0.2) is 16.6 Å². The van der Waals surface area contributed by atoms with Crippen molar-refractivity contribution in [2.45, 2.75) is 32.7 Å². The summed E-state index contributed by atoms with van der Waals surface area (Å²) in [6, 6.07) is 17.0. The van der Waals surface area contributed by atoms with Crippen LogP contribution in [0.2, 0.25) is 0 Å². The van der Waals surface area contributed by atoms with Crippen molar-refractivity contribution < 1.29 is 9.59 Å². The molecule has 0 aliphatic carbocycles. The number of aliphatic imine (C=N–C) groups is 1. The summed E-state index contributed by atoms with van der Waals surface area (Å²) in [7, 11) is 1.69. The van der Waals surface area contributed by atoms with Gasteiger partial charge >= 0.3 is 0 Å². The second-order valence-electron chi connectivity index (χ2n) is 10.7. The van der Waals surface area contributed by atoms with Crippen LogP contribution in [0.15, 0.2) is 65.2 Å². The Bertz CT molecular complexity index is 1590. The zero-order chi connectivity index (χ0) is 27.3. The Labute approximate surface area is 230 Å². The highest BCUT2D eigenvalue weighted by Gasteiger charge is 2.38. The van der Waals surface area contributed by atoms with E-state index in [-0.39, 0.29) is 23.8 Å². The van der Waals surface area contributed by atoms with Crippen molar-refractivity contribution in [3.63, 3.8) is 0 Å². The van der Waals surface area contributed by atoms with E-state index in [1.54, 1.807) is 11.6 Å². The molecule has 1 N–H and O–H groups in total. The molecule has 0 atom stereocenters. The molecule has 2 aliphatic heterocycles. The summed E-state index contributed by atoms with van der Waals surface area (Å²) in [5.41, 5.74) is 5.90. The number of amides is 2. The fraction of sp³-hybridized carbons (Fsp3) is 0.276. The molecule has 0 radical (unpaired) electrons. The number of nitrogens with one attached hydrogen (secondary N) is 1. The molecular weight excluding hydrogens is 510 g/mol. The molecule has 2 amide bonds. The van der Waals surface area contributed by atoms with Crippen molar-refractivity contribution in [1.29, 1.82) is 0 Å². The summed E-state index contributed by atoms with van der Waals surface area (Å²) < 4.78 is 1.58. The Kier molecular flexibility index (Phi) is 6.06. The van der Waals surface area contributed by atoms with Crippen LogP contribution in [-0.4, -0.2) is 57.3 Å². The normalized spacial score (nSPS) is 14.8. The first-order valence-electron chi connectivity index (χ1n) is 12.8. The number of carbonyl (C=O) groups is 2. The minimum atomic E-state index is -0.276. The molecule has 0 bridgehead atoms. The van der Waals surface area contributed by atoms with Gasteiger partial charge in [-0.1, -0.05) is 69.3 Å². The summed E-state index contributed by atoms with van der Waals surface area (Å²) in [6.45, 7) is 7.87. The zero-order valence-corrected chi connectivity index (χ0v) is 23.1. The number of rotatable bonds is 5. The number of benzene rings is 2. The molecule has 0 spiro atoms. The van der Waals surface area contributed by atoms with Gasteiger partial charge in [0.05, 0.1) is 18.6 Å². The van der Waals surface area contributed by atoms with Crippen molar-refractivity contribution in [1.82, 2.24) is 19.4 Å². The standard InChI is InChI=1S/C29H29N7O2S/c1-29(2,3)21-11-9-19(10-12-21)18-5-7-20(8-6-18)22-16-39-27(32-22)33-23(37)15-35-17-31-25-24(35)26(38)34(4)28-30-13-14-36(25)28/h5-12,16-17H,13-15H2,1-4H3,(H,32,33,37). The van der Waals surface area contributed by atoms with Crippen LogP contribution in [0.25, 0.3) is 22.4 Å². The average molecular weight is 540 g/mol. The maximum atomic E-state index is 12.9. The predicted molar refractivity (Wildman–Crippen MR) is 154 cm³/mol. The van der Waals surface area contributed by atoms with E-state index in [0.717, 1.165) is 16.8 Å². The van der Waals surface area contributed by atoms with Crippen LogP contribution in [0, 0.1) is 0 Å². The minimum absolute atomic E-state index is 0.0418. The zero-order valence-electron chi connectivity index (χ0n) is 22.3. The SMILES string of the molecule is CN1C(=O)c2c(ncn2CC(=O)Nc2nc(-c3ccc(-c4ccc(C(C)(C)C)cc4)cc3)cs2)N2CCN=C12. The number of thiazole rings is 1. The molecule has 9 nitrogen and oxygen atoms in total. The van der Waals surface area contributed by atoms with Gasteiger partial charge in [0.1, 0.15) is 6.54 Å². The molecule has 2 aliphatic rings. The van der Waals surface area contributed by atoms with Crippen molar-refractivity contribution in [2.75, 3.05) is 30.4 Å². The molecule has 0 saturated heterocycles. The van der Waals surface area contributed by atoms with E-state index in [9.17, 15) is 9.59 Å². The number of anilines is 2. The first kappa shape index (κ1) is 25.0. The van der Waals surface area contributed by atoms with Gasteiger partial charge in [-0.05, 0) is 22.1 Å². The molecule has 198 valence electrons. The lowest BCUT2D eigenvalue weighted by Crippen LogP contribution is -2.48. The third-order valence-corrected chi connectivity index (χ3v) is 7.79. The molecule has 4 aromatic rings. The smallest absolute Gasteiger partial charge is 0.280 e. The summed E-state index contributed by atoms with van der Waals surface area (Å²) >= 11 is 1.36. The molecule has 0 saturated carbocycles. The molecule has 6 rings (SSSR count). The van der Waals surface area contributed by atoms with Gasteiger partial charge in [0, 0.05) is 24.5 Å². The minimum Gasteiger partial charge on any atom is -0.315 e. The van der Waals surface area contributed by atoms with Crippen LogP contribution in [0.1, 0.15) is 36.8 Å². The van der Waals surface area contributed by atoms with E-state index < -0.39 is 0 Å². The third-order valence-electron chi connectivity index (χ3n) is 7.03. The molecule has 39 heavy (non-hydrogen) atoms. The molecule has 4 heterocycles. The second-order valence-corrected chi connectivity index (χ2v) is 11.6. The molecule has 2 aromatic heterocycles. The third kappa shape index (κ3) is 4.61. The van der Waals surface area contributed by atoms with Crippen LogP contribution < -0.4 is 10.2 Å². The highest BCUT2D eigenvalue weighted by Crippen LogP contribution is 2.31. The number of fused-ring (bicyclic) bond motifs is 3. The van der Waals surface area contributed by atoms with Gasteiger partial charge in [0.25, 0.3) is 5.91 Å². The van der Waals surface area contributed by atoms with E-state index in [0.29, 0.717) is 35.7 Å². The van der Waals surface area contributed by atoms with Crippen molar-refractivity contribution in [3.8, 4) is 22.4 Å². The number of carbonyl (C=O) groups excluding carboxylic acids is 2. The van der Waals surface area contributed by atoms with Gasteiger partial charge in [0.2, 0.25) is 11.9 Å². The summed E-state index contributed by atoms with van der Waals surface area (Å²) in [5.74, 6) is 0.648. The van der Waals surface area contributed by atoms with E-state index in [1.807, 2.05) is 22.4 Å². The largest absolute Gasteiger partial charge is 0.315 e. The maximum absolute atomic E-state index is 12.9. The fourth-order valence-electron chi connectivity index (χ4n) is 4.85. The Hall–Kier alpha value is -4.31. The lowest BCUT2D eigenvalue weighted by Gasteiger charge is -2.30.